The van der Waals surface area contributed by atoms with Crippen LogP contribution in [-0.4, -0.2) is 4.92 Å². The van der Waals surface area contributed by atoms with Crippen molar-refractivity contribution in [2.75, 3.05) is 0 Å². The number of hydrogen-bond acceptors (Lipinski definition) is 5. The summed E-state index contributed by atoms with van der Waals surface area (Å²) in [5, 5.41) is 18.6. The van der Waals surface area contributed by atoms with Crippen molar-refractivity contribution in [2.45, 2.75) is 6.54 Å². The molecule has 0 N–H and O–H groups in total. The van der Waals surface area contributed by atoms with Gasteiger partial charge in [0.2, 0.25) is 0 Å². The Morgan fingerprint density at radius 3 is 2.72 bits per heavy atom. The summed E-state index contributed by atoms with van der Waals surface area (Å²) in [6, 6.07) is 10.2. The third-order valence-corrected chi connectivity index (χ3v) is 3.72. The van der Waals surface area contributed by atoms with Crippen molar-refractivity contribution in [3.8, 4) is 0 Å². The van der Waals surface area contributed by atoms with Gasteiger partial charge in [0.1, 0.15) is 0 Å². The molecule has 5 nitrogen and oxygen atoms in total. The number of halogens is 1. The van der Waals surface area contributed by atoms with Gasteiger partial charge in [-0.15, -0.1) is 16.5 Å². The van der Waals surface area contributed by atoms with E-state index in [-0.39, 0.29) is 11.4 Å². The lowest BCUT2D eigenvalue weighted by Crippen LogP contribution is -1.87. The van der Waals surface area contributed by atoms with Gasteiger partial charge < -0.3 is 0 Å². The number of azo groups is 1. The van der Waals surface area contributed by atoms with E-state index in [1.807, 2.05) is 12.1 Å². The largest absolute Gasteiger partial charge is 0.296 e. The molecule has 0 spiro atoms. The minimum atomic E-state index is -0.462. The quantitative estimate of drug-likeness (QED) is 0.464. The van der Waals surface area contributed by atoms with Crippen molar-refractivity contribution in [3.05, 3.63) is 55.2 Å². The Bertz CT molecular complexity index is 597. The predicted octanol–water partition coefficient (Wildman–Crippen LogP) is 4.70. The fraction of sp³-hybridized carbons (Fsp3) is 0.0909. The van der Waals surface area contributed by atoms with E-state index < -0.39 is 4.92 Å². The predicted molar refractivity (Wildman–Crippen MR) is 73.3 cm³/mol. The second-order valence-corrected chi connectivity index (χ2v) is 5.90. The summed E-state index contributed by atoms with van der Waals surface area (Å²) in [5.41, 5.74) is 0.242. The summed E-state index contributed by atoms with van der Waals surface area (Å²) in [4.78, 5) is 11.3. The van der Waals surface area contributed by atoms with Crippen LogP contribution in [0.2, 0.25) is 0 Å². The van der Waals surface area contributed by atoms with Crippen LogP contribution in [0.3, 0.4) is 0 Å². The zero-order valence-corrected chi connectivity index (χ0v) is 11.5. The molecule has 1 heterocycles. The second kappa shape index (κ2) is 5.83. The third-order valence-electron chi connectivity index (χ3n) is 2.11. The zero-order chi connectivity index (χ0) is 13.0. The molecule has 0 aliphatic carbocycles. The fourth-order valence-corrected chi connectivity index (χ4v) is 2.72. The van der Waals surface area contributed by atoms with Crippen LogP contribution in [0.1, 0.15) is 4.88 Å². The summed E-state index contributed by atoms with van der Waals surface area (Å²) < 4.78 is 1.03. The smallest absolute Gasteiger partial charge is 0.258 e. The molecule has 0 amide bonds. The lowest BCUT2D eigenvalue weighted by atomic mass is 10.3. The van der Waals surface area contributed by atoms with E-state index >= 15 is 0 Å². The molecule has 0 unspecified atom stereocenters. The lowest BCUT2D eigenvalue weighted by molar-refractivity contribution is -0.384. The number of thiophene rings is 1. The average Bonchev–Trinajstić information content (AvgIpc) is 2.75. The van der Waals surface area contributed by atoms with E-state index in [0.29, 0.717) is 6.54 Å². The molecule has 0 saturated carbocycles. The lowest BCUT2D eigenvalue weighted by Gasteiger charge is -1.94. The SMILES string of the molecule is O=[N+]([O-])c1ccccc1N=NCc1ccc(Br)s1. The number of para-hydroxylation sites is 1. The van der Waals surface area contributed by atoms with Gasteiger partial charge in [0, 0.05) is 10.9 Å². The maximum absolute atomic E-state index is 10.8. The van der Waals surface area contributed by atoms with Crippen LogP contribution in [0.4, 0.5) is 11.4 Å². The minimum Gasteiger partial charge on any atom is -0.258 e. The molecule has 7 heteroatoms. The topological polar surface area (TPSA) is 67.9 Å². The maximum Gasteiger partial charge on any atom is 0.296 e. The first kappa shape index (κ1) is 12.8. The Morgan fingerprint density at radius 1 is 1.28 bits per heavy atom. The monoisotopic (exact) mass is 325 g/mol. The first-order valence-electron chi connectivity index (χ1n) is 5.02. The number of nitro benzene ring substituents is 1. The molecule has 2 rings (SSSR count). The summed E-state index contributed by atoms with van der Waals surface area (Å²) in [5.74, 6) is 0. The van der Waals surface area contributed by atoms with Crippen molar-refractivity contribution in [2.24, 2.45) is 10.2 Å². The molecule has 0 atom stereocenters. The zero-order valence-electron chi connectivity index (χ0n) is 9.12. The Balaban J connectivity index is 2.11. The Morgan fingerprint density at radius 2 is 2.06 bits per heavy atom. The Kier molecular flexibility index (Phi) is 4.16. The molecule has 0 aliphatic rings. The molecular weight excluding hydrogens is 318 g/mol. The van der Waals surface area contributed by atoms with Crippen LogP contribution in [0.25, 0.3) is 0 Å². The number of benzene rings is 1. The van der Waals surface area contributed by atoms with Crippen LogP contribution in [-0.2, 0) is 6.54 Å². The van der Waals surface area contributed by atoms with Crippen LogP contribution in [0, 0.1) is 10.1 Å². The van der Waals surface area contributed by atoms with E-state index in [1.54, 1.807) is 29.5 Å². The fourth-order valence-electron chi connectivity index (χ4n) is 1.32. The molecule has 18 heavy (non-hydrogen) atoms. The van der Waals surface area contributed by atoms with Gasteiger partial charge in [-0.3, -0.25) is 10.1 Å². The van der Waals surface area contributed by atoms with Crippen LogP contribution >= 0.6 is 27.3 Å². The van der Waals surface area contributed by atoms with Gasteiger partial charge >= 0.3 is 0 Å². The van der Waals surface area contributed by atoms with E-state index in [1.165, 1.54) is 6.07 Å². The van der Waals surface area contributed by atoms with Gasteiger partial charge in [0.05, 0.1) is 15.3 Å². The van der Waals surface area contributed by atoms with Gasteiger partial charge in [-0.1, -0.05) is 12.1 Å². The third kappa shape index (κ3) is 3.21. The van der Waals surface area contributed by atoms with Gasteiger partial charge in [0.15, 0.2) is 5.69 Å². The highest BCUT2D eigenvalue weighted by molar-refractivity contribution is 9.11. The number of nitro groups is 1. The van der Waals surface area contributed by atoms with Gasteiger partial charge in [-0.2, -0.15) is 5.11 Å². The minimum absolute atomic E-state index is 0.0337. The van der Waals surface area contributed by atoms with E-state index in [0.717, 1.165) is 8.66 Å². The molecule has 0 radical (unpaired) electrons. The summed E-state index contributed by atoms with van der Waals surface area (Å²) >= 11 is 4.92. The number of nitrogens with zero attached hydrogens (tertiary/aromatic N) is 3. The highest BCUT2D eigenvalue weighted by atomic mass is 79.9. The molecule has 0 saturated heterocycles. The molecular formula is C11H8BrN3O2S. The standard InChI is InChI=1S/C11H8BrN3O2S/c12-11-6-5-8(18-11)7-13-14-9-3-1-2-4-10(9)15(16)17/h1-6H,7H2. The van der Waals surface area contributed by atoms with Gasteiger partial charge in [-0.05, 0) is 34.1 Å². The molecule has 0 fully saturated rings. The van der Waals surface area contributed by atoms with Crippen molar-refractivity contribution in [1.82, 2.24) is 0 Å². The molecule has 1 aromatic heterocycles. The Labute approximate surface area is 115 Å². The van der Waals surface area contributed by atoms with Crippen molar-refractivity contribution < 1.29 is 4.92 Å². The van der Waals surface area contributed by atoms with Crippen molar-refractivity contribution in [1.29, 1.82) is 0 Å². The van der Waals surface area contributed by atoms with Crippen molar-refractivity contribution in [3.63, 3.8) is 0 Å². The normalized spacial score (nSPS) is 10.9. The van der Waals surface area contributed by atoms with Crippen molar-refractivity contribution >= 4 is 38.6 Å². The first-order valence-corrected chi connectivity index (χ1v) is 6.63. The van der Waals surface area contributed by atoms with E-state index in [2.05, 4.69) is 26.2 Å². The van der Waals surface area contributed by atoms with Gasteiger partial charge in [-0.25, -0.2) is 0 Å². The van der Waals surface area contributed by atoms with E-state index in [9.17, 15) is 10.1 Å². The summed E-state index contributed by atoms with van der Waals surface area (Å²) in [6.07, 6.45) is 0. The highest BCUT2D eigenvalue weighted by Crippen LogP contribution is 2.27. The second-order valence-electron chi connectivity index (χ2n) is 3.35. The maximum atomic E-state index is 10.8. The molecule has 0 aliphatic heterocycles. The van der Waals surface area contributed by atoms with Crippen LogP contribution in [0.5, 0.6) is 0 Å². The van der Waals surface area contributed by atoms with Crippen LogP contribution < -0.4 is 0 Å². The summed E-state index contributed by atoms with van der Waals surface area (Å²) in [7, 11) is 0. The first-order chi connectivity index (χ1) is 8.66. The number of rotatable bonds is 4. The molecule has 1 aromatic carbocycles. The summed E-state index contributed by atoms with van der Waals surface area (Å²) in [6.45, 7) is 0.419. The average molecular weight is 326 g/mol. The highest BCUT2D eigenvalue weighted by Gasteiger charge is 2.11. The number of hydrogen-bond donors (Lipinski definition) is 0. The van der Waals surface area contributed by atoms with E-state index in [4.69, 9.17) is 0 Å². The molecule has 0 bridgehead atoms. The Hall–Kier alpha value is -1.60. The molecule has 2 aromatic rings. The van der Waals surface area contributed by atoms with Gasteiger partial charge in [0.25, 0.3) is 5.69 Å². The molecule has 92 valence electrons. The van der Waals surface area contributed by atoms with Crippen LogP contribution in [0.15, 0.2) is 50.4 Å².